The number of carbonyl (C=O) groups excluding carboxylic acids is 2. The zero-order valence-corrected chi connectivity index (χ0v) is 28.1. The van der Waals surface area contributed by atoms with Crippen molar-refractivity contribution >= 4 is 31.1 Å². The third kappa shape index (κ3) is 8.40. The van der Waals surface area contributed by atoms with Crippen LogP contribution in [0, 0.1) is 5.92 Å². The van der Waals surface area contributed by atoms with Crippen molar-refractivity contribution in [1.82, 2.24) is 9.55 Å². The third-order valence-electron chi connectivity index (χ3n) is 8.71. The topological polar surface area (TPSA) is 158 Å². The van der Waals surface area contributed by atoms with E-state index in [2.05, 4.69) is 41.7 Å². The Kier molecular flexibility index (Phi) is 11.0. The summed E-state index contributed by atoms with van der Waals surface area (Å²) in [5, 5.41) is 21.4. The quantitative estimate of drug-likeness (QED) is 0.111. The Morgan fingerprint density at radius 1 is 1.06 bits per heavy atom. The number of nitrogens with zero attached hydrogens (tertiary/aromatic N) is 3. The van der Waals surface area contributed by atoms with E-state index in [-0.39, 0.29) is 24.0 Å². The largest absolute Gasteiger partial charge is 0.516 e. The predicted octanol–water partition coefficient (Wildman–Crippen LogP) is 4.38. The molecule has 12 heteroatoms. The Morgan fingerprint density at radius 3 is 2.38 bits per heavy atom. The fraction of sp³-hybridized carbons (Fsp3) is 0.457. The average molecular weight is 665 g/mol. The van der Waals surface area contributed by atoms with Crippen molar-refractivity contribution in [2.45, 2.75) is 63.1 Å². The minimum atomic E-state index is -1.32. The summed E-state index contributed by atoms with van der Waals surface area (Å²) in [7, 11) is 0. The van der Waals surface area contributed by atoms with Crippen molar-refractivity contribution in [2.24, 2.45) is 10.9 Å². The molecule has 5 rings (SSSR count). The van der Waals surface area contributed by atoms with Gasteiger partial charge < -0.3 is 30.2 Å². The Hall–Kier alpha value is -3.76. The zero-order chi connectivity index (χ0) is 33.7. The maximum Gasteiger partial charge on any atom is 0.516 e. The Morgan fingerprint density at radius 2 is 1.72 bits per heavy atom. The Bertz CT molecular complexity index is 1660. The second kappa shape index (κ2) is 15.0. The van der Waals surface area contributed by atoms with Gasteiger partial charge >= 0.3 is 12.1 Å². The highest BCUT2D eigenvalue weighted by molar-refractivity contribution is 7.72. The van der Waals surface area contributed by atoms with Crippen LogP contribution in [0.15, 0.2) is 65.8 Å². The molecule has 4 N–H and O–H groups in total. The number of hydrogen-bond acceptors (Lipinski definition) is 10. The van der Waals surface area contributed by atoms with Crippen LogP contribution in [-0.2, 0) is 19.0 Å². The van der Waals surface area contributed by atoms with Gasteiger partial charge in [-0.1, -0.05) is 61.9 Å². The molecule has 1 unspecified atom stereocenters. The molecule has 0 spiro atoms. The molecule has 2 heterocycles. The van der Waals surface area contributed by atoms with Crippen LogP contribution in [0.3, 0.4) is 0 Å². The third-order valence-corrected chi connectivity index (χ3v) is 10.2. The van der Waals surface area contributed by atoms with E-state index in [0.717, 1.165) is 28.4 Å². The van der Waals surface area contributed by atoms with E-state index in [1.165, 1.54) is 0 Å². The predicted molar refractivity (Wildman–Crippen MR) is 183 cm³/mol. The molecule has 252 valence electrons. The molecule has 0 bridgehead atoms. The summed E-state index contributed by atoms with van der Waals surface area (Å²) in [5.41, 5.74) is 10.6. The Balaban J connectivity index is 1.09. The van der Waals surface area contributed by atoms with Gasteiger partial charge in [0, 0.05) is 18.7 Å². The van der Waals surface area contributed by atoms with Crippen molar-refractivity contribution in [3.63, 3.8) is 0 Å². The Labute approximate surface area is 275 Å². The SMILES string of the molecule is C=P(C)(C)CC[C@H]1O[C@@H](n2ccc(N)nc2=NCCCCC(C)C(=O)OC(=O)OCC2c3ccccc3-c3ccccc32)[C@H](O)[C@@H]1O. The summed E-state index contributed by atoms with van der Waals surface area (Å²) in [6.45, 7) is 5.07. The minimum absolute atomic E-state index is 0.0756. The number of esters is 1. The van der Waals surface area contributed by atoms with Gasteiger partial charge in [-0.25, -0.2) is 4.79 Å². The van der Waals surface area contributed by atoms with Crippen LogP contribution in [0.5, 0.6) is 0 Å². The highest BCUT2D eigenvalue weighted by Gasteiger charge is 2.43. The number of ether oxygens (including phenoxy) is 3. The number of fused-ring (bicyclic) bond motifs is 3. The van der Waals surface area contributed by atoms with Crippen molar-refractivity contribution in [3.05, 3.63) is 77.5 Å². The summed E-state index contributed by atoms with van der Waals surface area (Å²) in [6, 6.07) is 17.6. The molecule has 11 nitrogen and oxygen atoms in total. The fourth-order valence-electron chi connectivity index (χ4n) is 6.09. The monoisotopic (exact) mass is 664 g/mol. The molecule has 2 aliphatic rings. The van der Waals surface area contributed by atoms with Crippen LogP contribution in [0.4, 0.5) is 10.6 Å². The van der Waals surface area contributed by atoms with Crippen molar-refractivity contribution in [2.75, 3.05) is 38.4 Å². The van der Waals surface area contributed by atoms with Crippen LogP contribution in [0.1, 0.15) is 55.9 Å². The number of benzene rings is 2. The number of rotatable bonds is 12. The van der Waals surface area contributed by atoms with Gasteiger partial charge in [0.2, 0.25) is 5.62 Å². The molecule has 0 amide bonds. The minimum Gasteiger partial charge on any atom is -0.433 e. The molecule has 47 heavy (non-hydrogen) atoms. The van der Waals surface area contributed by atoms with E-state index in [4.69, 9.17) is 19.9 Å². The van der Waals surface area contributed by atoms with Gasteiger partial charge in [0.15, 0.2) is 6.23 Å². The lowest BCUT2D eigenvalue weighted by Crippen LogP contribution is -2.36. The molecule has 3 aromatic rings. The number of aliphatic hydroxyl groups excluding tert-OH is 2. The molecule has 1 aliphatic heterocycles. The number of anilines is 1. The van der Waals surface area contributed by atoms with E-state index >= 15 is 0 Å². The molecule has 0 saturated carbocycles. The van der Waals surface area contributed by atoms with Crippen LogP contribution in [-0.4, -0.2) is 89.1 Å². The number of carbonyl (C=O) groups is 2. The van der Waals surface area contributed by atoms with Gasteiger partial charge in [-0.15, -0.1) is 13.2 Å². The van der Waals surface area contributed by atoms with Gasteiger partial charge in [-0.3, -0.25) is 14.4 Å². The van der Waals surface area contributed by atoms with E-state index in [9.17, 15) is 19.8 Å². The maximum absolute atomic E-state index is 12.6. The first-order valence-corrected chi connectivity index (χ1v) is 19.1. The normalized spacial score (nSPS) is 21.7. The summed E-state index contributed by atoms with van der Waals surface area (Å²) in [6.07, 6.45) is 4.44. The number of nitrogen functional groups attached to an aromatic ring is 1. The number of hydrogen-bond donors (Lipinski definition) is 3. The van der Waals surface area contributed by atoms with Gasteiger partial charge in [0.05, 0.1) is 12.0 Å². The summed E-state index contributed by atoms with van der Waals surface area (Å²) < 4.78 is 18.1. The highest BCUT2D eigenvalue weighted by atomic mass is 31.2. The van der Waals surface area contributed by atoms with Gasteiger partial charge in [-0.2, -0.15) is 4.98 Å². The second-order valence-electron chi connectivity index (χ2n) is 13.0. The standard InChI is InChI=1S/C35H45N4O7P/c1-22(33(42)46-35(43)44-21-27-25-14-7-5-12-23(25)24-13-6-8-15-26(24)27)11-9-10-18-37-34-38-29(36)16-19-39(34)32-31(41)30(40)28(45-32)17-20-47(2,3)4/h5-8,12-16,19,22,27-28,30-32,40-41H,2,9-11,17-18,20-21H2,1,3-4H3,(H2,36,37,38)/t22?,28-,30-,31-,32-/m1/s1. The lowest BCUT2D eigenvalue weighted by atomic mass is 9.98. The van der Waals surface area contributed by atoms with E-state index < -0.39 is 49.5 Å². The first-order chi connectivity index (χ1) is 22.4. The molecule has 5 atom stereocenters. The lowest BCUT2D eigenvalue weighted by molar-refractivity contribution is -0.144. The average Bonchev–Trinajstić information content (AvgIpc) is 3.51. The number of aliphatic hydroxyl groups is 2. The van der Waals surface area contributed by atoms with E-state index in [0.29, 0.717) is 32.2 Å². The lowest BCUT2D eigenvalue weighted by Gasteiger charge is -2.19. The molecule has 1 aliphatic carbocycles. The van der Waals surface area contributed by atoms with Crippen LogP contribution in [0.25, 0.3) is 11.1 Å². The smallest absolute Gasteiger partial charge is 0.433 e. The molecule has 1 aromatic heterocycles. The maximum atomic E-state index is 12.6. The van der Waals surface area contributed by atoms with Crippen LogP contribution >= 0.6 is 6.89 Å². The molecular weight excluding hydrogens is 619 g/mol. The molecule has 2 aromatic carbocycles. The molecular formula is C35H45N4O7P. The molecule has 1 fully saturated rings. The number of aromatic nitrogens is 2. The summed E-state index contributed by atoms with van der Waals surface area (Å²) in [4.78, 5) is 33.9. The van der Waals surface area contributed by atoms with Crippen LogP contribution < -0.4 is 11.4 Å². The van der Waals surface area contributed by atoms with Gasteiger partial charge in [0.25, 0.3) is 0 Å². The number of nitrogens with two attached hydrogens (primary N) is 1. The van der Waals surface area contributed by atoms with Crippen molar-refractivity contribution < 1.29 is 34.0 Å². The van der Waals surface area contributed by atoms with E-state index in [1.807, 2.05) is 36.4 Å². The first-order valence-electron chi connectivity index (χ1n) is 16.0. The summed E-state index contributed by atoms with van der Waals surface area (Å²) >= 11 is 0. The van der Waals surface area contributed by atoms with Gasteiger partial charge in [0.1, 0.15) is 24.6 Å². The molecule has 1 saturated heterocycles. The van der Waals surface area contributed by atoms with Crippen molar-refractivity contribution in [3.8, 4) is 11.1 Å². The molecule has 0 radical (unpaired) electrons. The first kappa shape index (κ1) is 34.6. The van der Waals surface area contributed by atoms with Crippen molar-refractivity contribution in [1.29, 1.82) is 0 Å². The van der Waals surface area contributed by atoms with Gasteiger partial charge in [-0.05, 0) is 67.1 Å². The zero-order valence-electron chi connectivity index (χ0n) is 27.2. The second-order valence-corrected chi connectivity index (χ2v) is 17.4. The van der Waals surface area contributed by atoms with E-state index in [1.54, 1.807) is 23.8 Å². The highest BCUT2D eigenvalue weighted by Crippen LogP contribution is 2.44. The summed E-state index contributed by atoms with van der Waals surface area (Å²) in [5.74, 6) is -1.02. The fourth-order valence-corrected chi connectivity index (χ4v) is 7.04. The number of unbranched alkanes of at least 4 members (excludes halogenated alkanes) is 1. The van der Waals surface area contributed by atoms with Crippen LogP contribution in [0.2, 0.25) is 0 Å².